The van der Waals surface area contributed by atoms with Gasteiger partial charge >= 0.3 is 0 Å². The van der Waals surface area contributed by atoms with E-state index in [1.807, 2.05) is 18.2 Å². The molecule has 0 bridgehead atoms. The Morgan fingerprint density at radius 1 is 0.903 bits per heavy atom. The Morgan fingerprint density at radius 3 is 2.29 bits per heavy atom. The van der Waals surface area contributed by atoms with Gasteiger partial charge in [-0.3, -0.25) is 9.59 Å². The molecular formula is C26H23FN2O2. The number of nitrogens with zero attached hydrogens (tertiary/aromatic N) is 1. The standard InChI is InChI=1S/C26H23FN2O2/c27-21-10-8-20(9-11-21)26(15-3-16-26)25(31)28-22-12-6-19(7-13-22)24(30)29-17-14-18-4-1-2-5-23(18)29/h1-2,4-13H,3,14-17H2,(H,28,31). The Morgan fingerprint density at radius 2 is 1.61 bits per heavy atom. The molecule has 2 amide bonds. The van der Waals surface area contributed by atoms with Crippen LogP contribution >= 0.6 is 0 Å². The van der Waals surface area contributed by atoms with Crippen LogP contribution in [0.4, 0.5) is 15.8 Å². The van der Waals surface area contributed by atoms with Crippen molar-refractivity contribution in [1.29, 1.82) is 0 Å². The summed E-state index contributed by atoms with van der Waals surface area (Å²) in [6.07, 6.45) is 3.32. The SMILES string of the molecule is O=C(c1ccc(NC(=O)C2(c3ccc(F)cc3)CCC2)cc1)N1CCc2ccccc21. The third-order valence-corrected chi connectivity index (χ3v) is 6.56. The summed E-state index contributed by atoms with van der Waals surface area (Å²) in [6.45, 7) is 0.677. The summed E-state index contributed by atoms with van der Waals surface area (Å²) < 4.78 is 13.3. The molecule has 1 saturated carbocycles. The van der Waals surface area contributed by atoms with Crippen LogP contribution < -0.4 is 10.2 Å². The van der Waals surface area contributed by atoms with Crippen LogP contribution in [0.15, 0.2) is 72.8 Å². The molecule has 156 valence electrons. The zero-order valence-corrected chi connectivity index (χ0v) is 17.1. The second-order valence-electron chi connectivity index (χ2n) is 8.31. The molecule has 4 nitrogen and oxygen atoms in total. The van der Waals surface area contributed by atoms with E-state index in [-0.39, 0.29) is 17.6 Å². The van der Waals surface area contributed by atoms with E-state index in [9.17, 15) is 14.0 Å². The van der Waals surface area contributed by atoms with Gasteiger partial charge in [-0.15, -0.1) is 0 Å². The summed E-state index contributed by atoms with van der Waals surface area (Å²) in [7, 11) is 0. The van der Waals surface area contributed by atoms with Crippen molar-refractivity contribution in [3.8, 4) is 0 Å². The molecule has 1 aliphatic carbocycles. The third kappa shape index (κ3) is 3.40. The first kappa shape index (κ1) is 19.5. The zero-order chi connectivity index (χ0) is 21.4. The maximum Gasteiger partial charge on any atom is 0.258 e. The molecule has 3 aromatic rings. The fourth-order valence-electron chi connectivity index (χ4n) is 4.60. The molecule has 0 aromatic heterocycles. The van der Waals surface area contributed by atoms with Crippen LogP contribution in [0.3, 0.4) is 0 Å². The van der Waals surface area contributed by atoms with E-state index >= 15 is 0 Å². The number of rotatable bonds is 4. The van der Waals surface area contributed by atoms with Crippen LogP contribution in [0.1, 0.15) is 40.7 Å². The Hall–Kier alpha value is -3.47. The molecule has 5 heteroatoms. The summed E-state index contributed by atoms with van der Waals surface area (Å²) in [4.78, 5) is 27.9. The quantitative estimate of drug-likeness (QED) is 0.647. The predicted molar refractivity (Wildman–Crippen MR) is 119 cm³/mol. The molecule has 0 saturated heterocycles. The lowest BCUT2D eigenvalue weighted by Crippen LogP contribution is -2.46. The van der Waals surface area contributed by atoms with E-state index in [2.05, 4.69) is 11.4 Å². The number of nitrogens with one attached hydrogen (secondary N) is 1. The van der Waals surface area contributed by atoms with E-state index < -0.39 is 5.41 Å². The van der Waals surface area contributed by atoms with Crippen LogP contribution in [-0.2, 0) is 16.6 Å². The summed E-state index contributed by atoms with van der Waals surface area (Å²) >= 11 is 0. The maximum atomic E-state index is 13.3. The smallest absolute Gasteiger partial charge is 0.258 e. The van der Waals surface area contributed by atoms with Gasteiger partial charge in [-0.05, 0) is 72.9 Å². The predicted octanol–water partition coefficient (Wildman–Crippen LogP) is 5.09. The fraction of sp³-hybridized carbons (Fsp3) is 0.231. The van der Waals surface area contributed by atoms with Gasteiger partial charge < -0.3 is 10.2 Å². The summed E-state index contributed by atoms with van der Waals surface area (Å²) in [5, 5.41) is 2.99. The highest BCUT2D eigenvalue weighted by Gasteiger charge is 2.45. The average molecular weight is 414 g/mol. The molecule has 1 aliphatic heterocycles. The molecule has 1 N–H and O–H groups in total. The molecule has 0 spiro atoms. The van der Waals surface area contributed by atoms with Gasteiger partial charge in [0.15, 0.2) is 0 Å². The minimum Gasteiger partial charge on any atom is -0.325 e. The number of para-hydroxylation sites is 1. The first-order chi connectivity index (χ1) is 15.1. The number of amides is 2. The molecule has 0 radical (unpaired) electrons. The van der Waals surface area contributed by atoms with Crippen LogP contribution in [0, 0.1) is 5.82 Å². The molecule has 1 heterocycles. The number of halogens is 1. The largest absolute Gasteiger partial charge is 0.325 e. The van der Waals surface area contributed by atoms with Gasteiger partial charge in [0.25, 0.3) is 5.91 Å². The van der Waals surface area contributed by atoms with E-state index in [0.29, 0.717) is 17.8 Å². The van der Waals surface area contributed by atoms with Crippen molar-refractivity contribution in [1.82, 2.24) is 0 Å². The number of anilines is 2. The number of carbonyl (C=O) groups is 2. The zero-order valence-electron chi connectivity index (χ0n) is 17.1. The molecule has 0 atom stereocenters. The Labute approximate surface area is 180 Å². The van der Waals surface area contributed by atoms with Gasteiger partial charge in [0.2, 0.25) is 5.91 Å². The normalized spacial score (nSPS) is 16.4. The number of benzene rings is 3. The van der Waals surface area contributed by atoms with Crippen LogP contribution in [0.2, 0.25) is 0 Å². The summed E-state index contributed by atoms with van der Waals surface area (Å²) in [5.74, 6) is -0.429. The van der Waals surface area contributed by atoms with Crippen molar-refractivity contribution in [3.05, 3.63) is 95.3 Å². The van der Waals surface area contributed by atoms with Crippen LogP contribution in [-0.4, -0.2) is 18.4 Å². The van der Waals surface area contributed by atoms with Crippen molar-refractivity contribution in [2.75, 3.05) is 16.8 Å². The lowest BCUT2D eigenvalue weighted by Gasteiger charge is -2.40. The first-order valence-corrected chi connectivity index (χ1v) is 10.6. The highest BCUT2D eigenvalue weighted by atomic mass is 19.1. The van der Waals surface area contributed by atoms with Gasteiger partial charge in [-0.2, -0.15) is 0 Å². The lowest BCUT2D eigenvalue weighted by molar-refractivity contribution is -0.124. The van der Waals surface area contributed by atoms with Gasteiger partial charge in [0, 0.05) is 23.5 Å². The van der Waals surface area contributed by atoms with E-state index in [0.717, 1.165) is 36.9 Å². The fourth-order valence-corrected chi connectivity index (χ4v) is 4.60. The van der Waals surface area contributed by atoms with Crippen LogP contribution in [0.25, 0.3) is 0 Å². The molecular weight excluding hydrogens is 391 g/mol. The summed E-state index contributed by atoms with van der Waals surface area (Å²) in [5.41, 5.74) is 3.63. The molecule has 5 rings (SSSR count). The Kier molecular flexibility index (Phi) is 4.81. The third-order valence-electron chi connectivity index (χ3n) is 6.56. The maximum absolute atomic E-state index is 13.3. The highest BCUT2D eigenvalue weighted by Crippen LogP contribution is 2.44. The van der Waals surface area contributed by atoms with Gasteiger partial charge in [-0.25, -0.2) is 4.39 Å². The molecule has 2 aliphatic rings. The molecule has 31 heavy (non-hydrogen) atoms. The second-order valence-corrected chi connectivity index (χ2v) is 8.31. The average Bonchev–Trinajstić information content (AvgIpc) is 3.18. The monoisotopic (exact) mass is 414 g/mol. The number of fused-ring (bicyclic) bond motifs is 1. The van der Waals surface area contributed by atoms with Crippen molar-refractivity contribution >= 4 is 23.2 Å². The van der Waals surface area contributed by atoms with Crippen molar-refractivity contribution in [2.24, 2.45) is 0 Å². The van der Waals surface area contributed by atoms with E-state index in [1.165, 1.54) is 17.7 Å². The topological polar surface area (TPSA) is 49.4 Å². The highest BCUT2D eigenvalue weighted by molar-refractivity contribution is 6.07. The summed E-state index contributed by atoms with van der Waals surface area (Å²) in [6, 6.07) is 21.2. The van der Waals surface area contributed by atoms with E-state index in [1.54, 1.807) is 41.3 Å². The number of hydrogen-bond acceptors (Lipinski definition) is 2. The van der Waals surface area contributed by atoms with Crippen molar-refractivity contribution < 1.29 is 14.0 Å². The minimum absolute atomic E-state index is 0.0374. The van der Waals surface area contributed by atoms with Gasteiger partial charge in [-0.1, -0.05) is 36.8 Å². The number of carbonyl (C=O) groups excluding carboxylic acids is 2. The number of hydrogen-bond donors (Lipinski definition) is 1. The van der Waals surface area contributed by atoms with E-state index in [4.69, 9.17) is 0 Å². The molecule has 1 fully saturated rings. The lowest BCUT2D eigenvalue weighted by atomic mass is 9.64. The van der Waals surface area contributed by atoms with Crippen molar-refractivity contribution in [3.63, 3.8) is 0 Å². The van der Waals surface area contributed by atoms with Gasteiger partial charge in [0.1, 0.15) is 5.82 Å². The molecule has 0 unspecified atom stereocenters. The minimum atomic E-state index is -0.610. The Balaban J connectivity index is 1.31. The second kappa shape index (κ2) is 7.65. The molecule has 3 aromatic carbocycles. The Bertz CT molecular complexity index is 1130. The first-order valence-electron chi connectivity index (χ1n) is 10.6. The van der Waals surface area contributed by atoms with Gasteiger partial charge in [0.05, 0.1) is 5.41 Å². The van der Waals surface area contributed by atoms with Crippen LogP contribution in [0.5, 0.6) is 0 Å². The van der Waals surface area contributed by atoms with Crippen molar-refractivity contribution in [2.45, 2.75) is 31.1 Å².